The van der Waals surface area contributed by atoms with E-state index in [2.05, 4.69) is 60.7 Å². The number of thioether (sulfide) groups is 1. The van der Waals surface area contributed by atoms with Gasteiger partial charge in [0.05, 0.1) is 5.41 Å². The molecule has 0 N–H and O–H groups in total. The predicted molar refractivity (Wildman–Crippen MR) is 98.5 cm³/mol. The molecular weight excluding hydrogens is 308 g/mol. The standard InChI is InChI=1S/C19H20OS2/c1-22-18(21)20-17-13-8-14-19(17,15-9-4-2-5-10-15)16-11-6-3-7-12-16/h2-7,9-12,17H,8,13-14H2,1H3. The summed E-state index contributed by atoms with van der Waals surface area (Å²) in [6.45, 7) is 0. The molecule has 1 unspecified atom stereocenters. The van der Waals surface area contributed by atoms with Crippen molar-refractivity contribution in [1.82, 2.24) is 0 Å². The van der Waals surface area contributed by atoms with Crippen LogP contribution < -0.4 is 0 Å². The average Bonchev–Trinajstić information content (AvgIpc) is 3.01. The molecule has 0 amide bonds. The van der Waals surface area contributed by atoms with Crippen LogP contribution in [0.15, 0.2) is 60.7 Å². The van der Waals surface area contributed by atoms with Gasteiger partial charge in [-0.25, -0.2) is 0 Å². The molecule has 0 spiro atoms. The molecule has 1 saturated carbocycles. The van der Waals surface area contributed by atoms with E-state index in [1.807, 2.05) is 6.26 Å². The van der Waals surface area contributed by atoms with E-state index in [1.54, 1.807) is 0 Å². The van der Waals surface area contributed by atoms with Gasteiger partial charge < -0.3 is 4.74 Å². The Hall–Kier alpha value is -1.32. The summed E-state index contributed by atoms with van der Waals surface area (Å²) < 4.78 is 6.82. The van der Waals surface area contributed by atoms with Gasteiger partial charge in [0.25, 0.3) is 0 Å². The van der Waals surface area contributed by atoms with E-state index in [4.69, 9.17) is 17.0 Å². The fourth-order valence-corrected chi connectivity index (χ4v) is 3.92. The molecular formula is C19H20OS2. The first-order chi connectivity index (χ1) is 10.8. The molecule has 0 aromatic heterocycles. The Labute approximate surface area is 142 Å². The summed E-state index contributed by atoms with van der Waals surface area (Å²) in [5.74, 6) is 0. The number of hydrogen-bond acceptors (Lipinski definition) is 3. The van der Waals surface area contributed by atoms with Crippen LogP contribution in [0.2, 0.25) is 0 Å². The van der Waals surface area contributed by atoms with Crippen molar-refractivity contribution >= 4 is 28.4 Å². The lowest BCUT2D eigenvalue weighted by molar-refractivity contribution is 0.150. The number of thiocarbonyl (C=S) groups is 1. The molecule has 0 aliphatic heterocycles. The monoisotopic (exact) mass is 328 g/mol. The maximum atomic E-state index is 6.18. The summed E-state index contributed by atoms with van der Waals surface area (Å²) in [6, 6.07) is 21.5. The van der Waals surface area contributed by atoms with Gasteiger partial charge in [-0.1, -0.05) is 72.4 Å². The Morgan fingerprint density at radius 2 is 1.59 bits per heavy atom. The molecule has 0 heterocycles. The predicted octanol–water partition coefficient (Wildman–Crippen LogP) is 5.19. The van der Waals surface area contributed by atoms with Gasteiger partial charge in [-0.3, -0.25) is 0 Å². The van der Waals surface area contributed by atoms with E-state index in [1.165, 1.54) is 22.9 Å². The second-order valence-corrected chi connectivity index (χ2v) is 7.06. The highest BCUT2D eigenvalue weighted by molar-refractivity contribution is 8.22. The van der Waals surface area contributed by atoms with Gasteiger partial charge in [0.2, 0.25) is 4.38 Å². The van der Waals surface area contributed by atoms with E-state index in [0.29, 0.717) is 4.38 Å². The van der Waals surface area contributed by atoms with Crippen molar-refractivity contribution in [3.8, 4) is 0 Å². The van der Waals surface area contributed by atoms with Crippen molar-refractivity contribution < 1.29 is 4.74 Å². The number of benzene rings is 2. The molecule has 114 valence electrons. The smallest absolute Gasteiger partial charge is 0.220 e. The molecule has 0 radical (unpaired) electrons. The van der Waals surface area contributed by atoms with Crippen molar-refractivity contribution in [3.63, 3.8) is 0 Å². The Balaban J connectivity index is 2.09. The normalized spacial score (nSPS) is 19.8. The van der Waals surface area contributed by atoms with Crippen LogP contribution in [0, 0.1) is 0 Å². The van der Waals surface area contributed by atoms with Crippen LogP contribution in [0.1, 0.15) is 30.4 Å². The van der Waals surface area contributed by atoms with Crippen LogP contribution in [0.4, 0.5) is 0 Å². The third-order valence-corrected chi connectivity index (χ3v) is 5.60. The Bertz CT molecular complexity index is 585. The van der Waals surface area contributed by atoms with Crippen LogP contribution in [-0.2, 0) is 10.2 Å². The Kier molecular flexibility index (Phi) is 4.84. The topological polar surface area (TPSA) is 9.23 Å². The maximum absolute atomic E-state index is 6.18. The largest absolute Gasteiger partial charge is 0.474 e. The van der Waals surface area contributed by atoms with Crippen molar-refractivity contribution in [3.05, 3.63) is 71.8 Å². The molecule has 1 nitrogen and oxygen atoms in total. The second kappa shape index (κ2) is 6.84. The lowest BCUT2D eigenvalue weighted by Crippen LogP contribution is -2.38. The molecule has 3 rings (SSSR count). The van der Waals surface area contributed by atoms with Crippen molar-refractivity contribution in [2.75, 3.05) is 6.26 Å². The number of ether oxygens (including phenoxy) is 1. The van der Waals surface area contributed by atoms with Gasteiger partial charge >= 0.3 is 0 Å². The second-order valence-electron chi connectivity index (χ2n) is 5.66. The van der Waals surface area contributed by atoms with E-state index in [9.17, 15) is 0 Å². The van der Waals surface area contributed by atoms with E-state index < -0.39 is 0 Å². The minimum absolute atomic E-state index is 0.0949. The minimum Gasteiger partial charge on any atom is -0.474 e. The summed E-state index contributed by atoms with van der Waals surface area (Å²) in [6.07, 6.45) is 5.39. The molecule has 1 atom stereocenters. The first-order valence-corrected chi connectivity index (χ1v) is 9.26. The van der Waals surface area contributed by atoms with Crippen LogP contribution >= 0.6 is 24.0 Å². The quantitative estimate of drug-likeness (QED) is 0.718. The van der Waals surface area contributed by atoms with E-state index >= 15 is 0 Å². The van der Waals surface area contributed by atoms with Crippen molar-refractivity contribution in [1.29, 1.82) is 0 Å². The zero-order chi connectivity index (χ0) is 15.4. The van der Waals surface area contributed by atoms with Gasteiger partial charge in [0.15, 0.2) is 0 Å². The molecule has 1 aliphatic carbocycles. The van der Waals surface area contributed by atoms with Crippen molar-refractivity contribution in [2.24, 2.45) is 0 Å². The first kappa shape index (κ1) is 15.6. The fraction of sp³-hybridized carbons (Fsp3) is 0.316. The third kappa shape index (κ3) is 2.80. The first-order valence-electron chi connectivity index (χ1n) is 7.63. The van der Waals surface area contributed by atoms with E-state index in [-0.39, 0.29) is 11.5 Å². The lowest BCUT2D eigenvalue weighted by atomic mass is 9.71. The SMILES string of the molecule is CSC(=S)OC1CCCC1(c1ccccc1)c1ccccc1. The molecule has 2 aromatic rings. The van der Waals surface area contributed by atoms with Crippen LogP contribution in [0.3, 0.4) is 0 Å². The van der Waals surface area contributed by atoms with E-state index in [0.717, 1.165) is 19.3 Å². The van der Waals surface area contributed by atoms with Crippen molar-refractivity contribution in [2.45, 2.75) is 30.8 Å². The summed E-state index contributed by atoms with van der Waals surface area (Å²) in [7, 11) is 0. The maximum Gasteiger partial charge on any atom is 0.220 e. The highest BCUT2D eigenvalue weighted by atomic mass is 32.2. The molecule has 1 aliphatic rings. The Morgan fingerprint density at radius 1 is 1.05 bits per heavy atom. The van der Waals surface area contributed by atoms with Gasteiger partial charge in [-0.15, -0.1) is 0 Å². The van der Waals surface area contributed by atoms with Gasteiger partial charge in [0, 0.05) is 0 Å². The van der Waals surface area contributed by atoms with Crippen LogP contribution in [0.25, 0.3) is 0 Å². The van der Waals surface area contributed by atoms with Gasteiger partial charge in [0.1, 0.15) is 6.10 Å². The average molecular weight is 329 g/mol. The summed E-state index contributed by atoms with van der Waals surface area (Å²) >= 11 is 6.85. The number of hydrogen-bond donors (Lipinski definition) is 0. The summed E-state index contributed by atoms with van der Waals surface area (Å²) in [5, 5.41) is 0. The molecule has 22 heavy (non-hydrogen) atoms. The molecule has 2 aromatic carbocycles. The molecule has 1 fully saturated rings. The summed E-state index contributed by atoms with van der Waals surface area (Å²) in [5.41, 5.74) is 2.56. The van der Waals surface area contributed by atoms with Gasteiger partial charge in [-0.05, 0) is 48.9 Å². The summed E-state index contributed by atoms with van der Waals surface area (Å²) in [4.78, 5) is 0. The molecule has 0 bridgehead atoms. The highest BCUT2D eigenvalue weighted by Gasteiger charge is 2.47. The molecule has 3 heteroatoms. The highest BCUT2D eigenvalue weighted by Crippen LogP contribution is 2.48. The van der Waals surface area contributed by atoms with Crippen LogP contribution in [-0.4, -0.2) is 16.7 Å². The third-order valence-electron chi connectivity index (χ3n) is 4.57. The minimum atomic E-state index is -0.0949. The zero-order valence-corrected chi connectivity index (χ0v) is 14.3. The molecule has 0 saturated heterocycles. The van der Waals surface area contributed by atoms with Crippen LogP contribution in [0.5, 0.6) is 0 Å². The van der Waals surface area contributed by atoms with Gasteiger partial charge in [-0.2, -0.15) is 0 Å². The number of rotatable bonds is 3. The lowest BCUT2D eigenvalue weighted by Gasteiger charge is -2.36. The Morgan fingerprint density at radius 3 is 2.09 bits per heavy atom. The fourth-order valence-electron chi connectivity index (χ4n) is 3.60. The zero-order valence-electron chi connectivity index (χ0n) is 12.7.